The van der Waals surface area contributed by atoms with Gasteiger partial charge in [-0.3, -0.25) is 0 Å². The smallest absolute Gasteiger partial charge is 0.234 e. The minimum Gasteiger partial charge on any atom is -0.234 e. The van der Waals surface area contributed by atoms with Crippen LogP contribution >= 0.6 is 0 Å². The standard InChI is InChI=1S/C10H2F18/c11-1(5(16,17)6(18,19)3(13)4(14)15)2(12)7(20,21)8(22,9(23,24)25)10(26,27)28/h3-4H. The lowest BCUT2D eigenvalue weighted by Crippen LogP contribution is -2.65. The van der Waals surface area contributed by atoms with Crippen LogP contribution < -0.4 is 0 Å². The van der Waals surface area contributed by atoms with E-state index in [4.69, 9.17) is 0 Å². The van der Waals surface area contributed by atoms with E-state index in [0.717, 1.165) is 0 Å². The van der Waals surface area contributed by atoms with Gasteiger partial charge in [0.15, 0.2) is 0 Å². The Bertz CT molecular complexity index is 576. The zero-order valence-corrected chi connectivity index (χ0v) is 12.0. The SMILES string of the molecule is FC(=C(F)C(F)(F)C(F)(C(F)(F)F)C(F)(F)F)C(F)(F)C(F)(F)C(F)C(F)F. The van der Waals surface area contributed by atoms with Crippen LogP contribution in [0.2, 0.25) is 0 Å². The first kappa shape index (κ1) is 26.5. The molecule has 168 valence electrons. The predicted octanol–water partition coefficient (Wildman–Crippen LogP) is 6.48. The van der Waals surface area contributed by atoms with Crippen LogP contribution in [0.25, 0.3) is 0 Å². The third kappa shape index (κ3) is 3.69. The van der Waals surface area contributed by atoms with Crippen LogP contribution in [0.15, 0.2) is 11.7 Å². The second-order valence-corrected chi connectivity index (χ2v) is 4.79. The van der Waals surface area contributed by atoms with E-state index in [1.165, 1.54) is 0 Å². The Morgan fingerprint density at radius 3 is 1.04 bits per heavy atom. The second-order valence-electron chi connectivity index (χ2n) is 4.79. The highest BCUT2D eigenvalue weighted by atomic mass is 19.4. The number of halogens is 18. The Labute approximate surface area is 140 Å². The molecule has 0 aliphatic rings. The summed E-state index contributed by atoms with van der Waals surface area (Å²) in [7, 11) is 0. The molecule has 0 bridgehead atoms. The fourth-order valence-corrected chi connectivity index (χ4v) is 1.42. The predicted molar refractivity (Wildman–Crippen MR) is 50.9 cm³/mol. The molecule has 0 heterocycles. The van der Waals surface area contributed by atoms with Gasteiger partial charge in [0.25, 0.3) is 6.43 Å². The summed E-state index contributed by atoms with van der Waals surface area (Å²) < 4.78 is 225. The van der Waals surface area contributed by atoms with Crippen LogP contribution in [-0.2, 0) is 0 Å². The van der Waals surface area contributed by atoms with E-state index in [1.54, 1.807) is 0 Å². The van der Waals surface area contributed by atoms with Crippen molar-refractivity contribution in [1.82, 2.24) is 0 Å². The summed E-state index contributed by atoms with van der Waals surface area (Å²) in [5.41, 5.74) is -8.13. The summed E-state index contributed by atoms with van der Waals surface area (Å²) in [6.45, 7) is 0. The van der Waals surface area contributed by atoms with Gasteiger partial charge in [0.1, 0.15) is 0 Å². The number of rotatable bonds is 6. The third-order valence-corrected chi connectivity index (χ3v) is 2.94. The minimum absolute atomic E-state index is 5.12. The van der Waals surface area contributed by atoms with Gasteiger partial charge < -0.3 is 0 Å². The van der Waals surface area contributed by atoms with E-state index in [1.807, 2.05) is 0 Å². The van der Waals surface area contributed by atoms with Gasteiger partial charge >= 0.3 is 35.8 Å². The monoisotopic (exact) mass is 464 g/mol. The van der Waals surface area contributed by atoms with E-state index < -0.39 is 60.0 Å². The molecule has 0 nitrogen and oxygen atoms in total. The van der Waals surface area contributed by atoms with E-state index >= 15 is 0 Å². The average Bonchev–Trinajstić information content (AvgIpc) is 2.48. The Kier molecular flexibility index (Phi) is 6.68. The lowest BCUT2D eigenvalue weighted by Gasteiger charge is -2.36. The highest BCUT2D eigenvalue weighted by Gasteiger charge is 2.86. The van der Waals surface area contributed by atoms with Gasteiger partial charge in [-0.2, -0.15) is 52.7 Å². The molecule has 0 amide bonds. The molecule has 0 N–H and O–H groups in total. The maximum atomic E-state index is 13.1. The van der Waals surface area contributed by atoms with Crippen molar-refractivity contribution in [1.29, 1.82) is 0 Å². The number of alkyl halides is 16. The summed E-state index contributed by atoms with van der Waals surface area (Å²) in [6, 6.07) is 0. The minimum atomic E-state index is -8.13. The summed E-state index contributed by atoms with van der Waals surface area (Å²) in [5, 5.41) is 0. The van der Waals surface area contributed by atoms with E-state index in [-0.39, 0.29) is 0 Å². The van der Waals surface area contributed by atoms with E-state index in [9.17, 15) is 79.0 Å². The molecule has 0 rings (SSSR count). The van der Waals surface area contributed by atoms with Gasteiger partial charge in [-0.1, -0.05) is 0 Å². The molecule has 0 saturated carbocycles. The van der Waals surface area contributed by atoms with Crippen molar-refractivity contribution in [2.24, 2.45) is 0 Å². The maximum absolute atomic E-state index is 13.1. The Morgan fingerprint density at radius 1 is 0.500 bits per heavy atom. The normalized spacial score (nSPS) is 17.7. The van der Waals surface area contributed by atoms with Crippen LogP contribution in [0.4, 0.5) is 79.0 Å². The second kappa shape index (κ2) is 7.07. The van der Waals surface area contributed by atoms with Crippen molar-refractivity contribution in [2.45, 2.75) is 48.4 Å². The quantitative estimate of drug-likeness (QED) is 0.395. The van der Waals surface area contributed by atoms with E-state index in [2.05, 4.69) is 0 Å². The van der Waals surface area contributed by atoms with Crippen LogP contribution in [0, 0.1) is 0 Å². The molecule has 0 aliphatic carbocycles. The molecule has 0 aromatic rings. The largest absolute Gasteiger partial charge is 0.438 e. The molecule has 0 spiro atoms. The van der Waals surface area contributed by atoms with Crippen LogP contribution in [0.5, 0.6) is 0 Å². The van der Waals surface area contributed by atoms with Crippen LogP contribution in [0.3, 0.4) is 0 Å². The average molecular weight is 464 g/mol. The zero-order chi connectivity index (χ0) is 23.3. The molecule has 0 radical (unpaired) electrons. The Balaban J connectivity index is 6.78. The first-order valence-electron chi connectivity index (χ1n) is 5.86. The van der Waals surface area contributed by atoms with Crippen LogP contribution in [0.1, 0.15) is 0 Å². The highest BCUT2D eigenvalue weighted by Crippen LogP contribution is 2.59. The fraction of sp³-hybridized carbons (Fsp3) is 0.800. The molecule has 18 heteroatoms. The number of hydrogen-bond acceptors (Lipinski definition) is 0. The zero-order valence-electron chi connectivity index (χ0n) is 12.0. The summed E-state index contributed by atoms with van der Waals surface area (Å²) >= 11 is 0. The van der Waals surface area contributed by atoms with Gasteiger partial charge in [-0.15, -0.1) is 0 Å². The number of allylic oxidation sites excluding steroid dienone is 2. The van der Waals surface area contributed by atoms with Crippen molar-refractivity contribution in [3.05, 3.63) is 11.7 Å². The van der Waals surface area contributed by atoms with Gasteiger partial charge in [0, 0.05) is 0 Å². The lowest BCUT2D eigenvalue weighted by molar-refractivity contribution is -0.391. The van der Waals surface area contributed by atoms with Gasteiger partial charge in [-0.05, 0) is 0 Å². The molecule has 28 heavy (non-hydrogen) atoms. The Hall–Kier alpha value is -1.52. The van der Waals surface area contributed by atoms with Crippen molar-refractivity contribution in [3.63, 3.8) is 0 Å². The molecule has 0 aromatic carbocycles. The molecular formula is C10H2F18. The first-order valence-corrected chi connectivity index (χ1v) is 5.86. The molecule has 1 atom stereocenters. The topological polar surface area (TPSA) is 0 Å². The first-order chi connectivity index (χ1) is 11.9. The molecule has 0 aliphatic heterocycles. The fourth-order valence-electron chi connectivity index (χ4n) is 1.42. The highest BCUT2D eigenvalue weighted by molar-refractivity contribution is 5.26. The molecule has 0 fully saturated rings. The van der Waals surface area contributed by atoms with Gasteiger partial charge in [-0.25, -0.2) is 26.3 Å². The maximum Gasteiger partial charge on any atom is 0.438 e. The summed E-state index contributed by atoms with van der Waals surface area (Å²) in [4.78, 5) is 0. The third-order valence-electron chi connectivity index (χ3n) is 2.94. The van der Waals surface area contributed by atoms with Crippen molar-refractivity contribution < 1.29 is 79.0 Å². The van der Waals surface area contributed by atoms with Gasteiger partial charge in [0.2, 0.25) is 17.8 Å². The molecule has 1 unspecified atom stereocenters. The lowest BCUT2D eigenvalue weighted by atomic mass is 9.92. The number of hydrogen-bond donors (Lipinski definition) is 0. The Morgan fingerprint density at radius 2 is 0.786 bits per heavy atom. The summed E-state index contributed by atoms with van der Waals surface area (Å²) in [6.07, 6.45) is -26.3. The molecule has 0 aromatic heterocycles. The summed E-state index contributed by atoms with van der Waals surface area (Å²) in [5.74, 6) is -33.2. The molecule has 0 saturated heterocycles. The van der Waals surface area contributed by atoms with Crippen molar-refractivity contribution in [3.8, 4) is 0 Å². The van der Waals surface area contributed by atoms with Gasteiger partial charge in [0.05, 0.1) is 0 Å². The molecular weight excluding hydrogens is 462 g/mol. The van der Waals surface area contributed by atoms with Crippen molar-refractivity contribution >= 4 is 0 Å². The van der Waals surface area contributed by atoms with E-state index in [0.29, 0.717) is 0 Å². The van der Waals surface area contributed by atoms with Crippen LogP contribution in [-0.4, -0.2) is 48.4 Å². The van der Waals surface area contributed by atoms with Crippen molar-refractivity contribution in [2.75, 3.05) is 0 Å².